The summed E-state index contributed by atoms with van der Waals surface area (Å²) in [4.78, 5) is 23.0. The number of rotatable bonds is 5. The molecule has 1 aromatic carbocycles. The Labute approximate surface area is 120 Å². The first kappa shape index (κ1) is 15.7. The molecule has 0 aliphatic carbocycles. The van der Waals surface area contributed by atoms with Gasteiger partial charge in [0.2, 0.25) is 5.91 Å². The number of nitrogens with one attached hydrogen (secondary N) is 1. The van der Waals surface area contributed by atoms with Crippen LogP contribution < -0.4 is 11.1 Å². The summed E-state index contributed by atoms with van der Waals surface area (Å²) in [7, 11) is 0. The summed E-state index contributed by atoms with van der Waals surface area (Å²) in [6, 6.07) is 3.92. The van der Waals surface area contributed by atoms with E-state index >= 15 is 0 Å². The molecule has 5 nitrogen and oxygen atoms in total. The van der Waals surface area contributed by atoms with Gasteiger partial charge in [-0.3, -0.25) is 4.79 Å². The van der Waals surface area contributed by atoms with Crippen LogP contribution in [0.15, 0.2) is 22.7 Å². The quantitative estimate of drug-likeness (QED) is 0.774. The van der Waals surface area contributed by atoms with E-state index < -0.39 is 12.0 Å². The summed E-state index contributed by atoms with van der Waals surface area (Å²) in [5.74, 6) is -1.45. The second-order valence-electron chi connectivity index (χ2n) is 4.40. The van der Waals surface area contributed by atoms with E-state index in [0.29, 0.717) is 4.47 Å². The van der Waals surface area contributed by atoms with Gasteiger partial charge in [0.1, 0.15) is 0 Å². The van der Waals surface area contributed by atoms with Crippen LogP contribution in [-0.2, 0) is 4.79 Å². The van der Waals surface area contributed by atoms with E-state index in [1.807, 2.05) is 13.8 Å². The minimum atomic E-state index is -1.10. The smallest absolute Gasteiger partial charge is 0.337 e. The number of hydrogen-bond donors (Lipinski definition) is 3. The first-order valence-corrected chi connectivity index (χ1v) is 6.75. The van der Waals surface area contributed by atoms with E-state index in [1.54, 1.807) is 12.1 Å². The summed E-state index contributed by atoms with van der Waals surface area (Å²) in [5.41, 5.74) is 6.09. The maximum atomic E-state index is 12.0. The molecule has 0 aliphatic heterocycles. The van der Waals surface area contributed by atoms with Gasteiger partial charge >= 0.3 is 5.97 Å². The zero-order valence-corrected chi connectivity index (χ0v) is 12.4. The zero-order chi connectivity index (χ0) is 14.6. The van der Waals surface area contributed by atoms with Gasteiger partial charge in [-0.2, -0.15) is 0 Å². The average Bonchev–Trinajstić information content (AvgIpc) is 2.36. The van der Waals surface area contributed by atoms with Crippen LogP contribution in [0.25, 0.3) is 0 Å². The minimum Gasteiger partial charge on any atom is -0.478 e. The van der Waals surface area contributed by atoms with E-state index in [9.17, 15) is 9.59 Å². The highest BCUT2D eigenvalue weighted by atomic mass is 79.9. The maximum absolute atomic E-state index is 12.0. The molecule has 0 unspecified atom stereocenters. The Hall–Kier alpha value is -1.40. The number of halogens is 1. The highest BCUT2D eigenvalue weighted by Gasteiger charge is 2.21. The van der Waals surface area contributed by atoms with Crippen molar-refractivity contribution in [3.05, 3.63) is 28.2 Å². The standard InChI is InChI=1S/C13H17BrN2O3/c1-3-7(2)11(15)12(17)16-10-6-8(14)4-5-9(10)13(18)19/h4-7,11H,3,15H2,1-2H3,(H,16,17)(H,18,19)/t7-,11-/m0/s1. The van der Waals surface area contributed by atoms with E-state index in [2.05, 4.69) is 21.2 Å². The van der Waals surface area contributed by atoms with Crippen LogP contribution in [0.2, 0.25) is 0 Å². The Morgan fingerprint density at radius 3 is 2.63 bits per heavy atom. The number of aromatic carboxylic acids is 1. The van der Waals surface area contributed by atoms with Gasteiger partial charge < -0.3 is 16.2 Å². The fourth-order valence-corrected chi connectivity index (χ4v) is 1.90. The Morgan fingerprint density at radius 1 is 1.47 bits per heavy atom. The summed E-state index contributed by atoms with van der Waals surface area (Å²) in [6.45, 7) is 3.82. The lowest BCUT2D eigenvalue weighted by Crippen LogP contribution is -2.40. The van der Waals surface area contributed by atoms with Crippen molar-refractivity contribution in [3.8, 4) is 0 Å². The van der Waals surface area contributed by atoms with E-state index in [4.69, 9.17) is 10.8 Å². The third kappa shape index (κ3) is 4.04. The van der Waals surface area contributed by atoms with Crippen LogP contribution in [0.3, 0.4) is 0 Å². The molecule has 2 atom stereocenters. The number of benzene rings is 1. The average molecular weight is 329 g/mol. The molecule has 6 heteroatoms. The van der Waals surface area contributed by atoms with E-state index in [1.165, 1.54) is 6.07 Å². The second-order valence-corrected chi connectivity index (χ2v) is 5.31. The number of amides is 1. The van der Waals surface area contributed by atoms with E-state index in [0.717, 1.165) is 6.42 Å². The maximum Gasteiger partial charge on any atom is 0.337 e. The summed E-state index contributed by atoms with van der Waals surface area (Å²) in [5, 5.41) is 11.6. The first-order valence-electron chi connectivity index (χ1n) is 5.96. The molecule has 0 aromatic heterocycles. The number of carboxylic acid groups (broad SMARTS) is 1. The van der Waals surface area contributed by atoms with Crippen LogP contribution in [0, 0.1) is 5.92 Å². The van der Waals surface area contributed by atoms with Crippen LogP contribution >= 0.6 is 15.9 Å². The lowest BCUT2D eigenvalue weighted by atomic mass is 9.99. The zero-order valence-electron chi connectivity index (χ0n) is 10.8. The van der Waals surface area contributed by atoms with Gasteiger partial charge in [-0.15, -0.1) is 0 Å². The van der Waals surface area contributed by atoms with Crippen LogP contribution in [0.1, 0.15) is 30.6 Å². The molecular weight excluding hydrogens is 312 g/mol. The summed E-state index contributed by atoms with van der Waals surface area (Å²) in [6.07, 6.45) is 0.777. The van der Waals surface area contributed by atoms with Crippen molar-refractivity contribution in [2.24, 2.45) is 11.7 Å². The Kier molecular flexibility index (Phi) is 5.50. The molecule has 1 amide bonds. The topological polar surface area (TPSA) is 92.4 Å². The van der Waals surface area contributed by atoms with Gasteiger partial charge in [-0.05, 0) is 24.1 Å². The lowest BCUT2D eigenvalue weighted by Gasteiger charge is -2.18. The number of carbonyl (C=O) groups is 2. The molecular formula is C13H17BrN2O3. The number of anilines is 1. The number of nitrogens with two attached hydrogens (primary N) is 1. The molecule has 0 fully saturated rings. The lowest BCUT2D eigenvalue weighted by molar-refractivity contribution is -0.118. The minimum absolute atomic E-state index is 0.0282. The molecule has 104 valence electrons. The van der Waals surface area contributed by atoms with Gasteiger partial charge in [0.15, 0.2) is 0 Å². The molecule has 1 aromatic rings. The third-order valence-electron chi connectivity index (χ3n) is 3.03. The Bertz CT molecular complexity index is 491. The van der Waals surface area contributed by atoms with Crippen molar-refractivity contribution >= 4 is 33.5 Å². The highest BCUT2D eigenvalue weighted by molar-refractivity contribution is 9.10. The van der Waals surface area contributed by atoms with Crippen molar-refractivity contribution in [2.75, 3.05) is 5.32 Å². The molecule has 0 aliphatic rings. The molecule has 0 saturated carbocycles. The molecule has 0 saturated heterocycles. The predicted octanol–water partition coefficient (Wildman–Crippen LogP) is 2.46. The van der Waals surface area contributed by atoms with E-state index in [-0.39, 0.29) is 23.1 Å². The van der Waals surface area contributed by atoms with Crippen molar-refractivity contribution in [1.82, 2.24) is 0 Å². The van der Waals surface area contributed by atoms with Gasteiger partial charge in [0.25, 0.3) is 0 Å². The predicted molar refractivity (Wildman–Crippen MR) is 77.2 cm³/mol. The SMILES string of the molecule is CC[C@H](C)[C@H](N)C(=O)Nc1cc(Br)ccc1C(=O)O. The number of carbonyl (C=O) groups excluding carboxylic acids is 1. The first-order chi connectivity index (χ1) is 8.86. The Balaban J connectivity index is 2.95. The van der Waals surface area contributed by atoms with Gasteiger partial charge in [0.05, 0.1) is 17.3 Å². The van der Waals surface area contributed by atoms with Crippen molar-refractivity contribution in [2.45, 2.75) is 26.3 Å². The van der Waals surface area contributed by atoms with Gasteiger partial charge in [-0.25, -0.2) is 4.79 Å². The molecule has 0 spiro atoms. The summed E-state index contributed by atoms with van der Waals surface area (Å²) < 4.78 is 0.685. The molecule has 4 N–H and O–H groups in total. The van der Waals surface area contributed by atoms with Crippen molar-refractivity contribution < 1.29 is 14.7 Å². The molecule has 0 radical (unpaired) electrons. The van der Waals surface area contributed by atoms with Crippen molar-refractivity contribution in [1.29, 1.82) is 0 Å². The second kappa shape index (κ2) is 6.68. The third-order valence-corrected chi connectivity index (χ3v) is 3.52. The molecule has 0 heterocycles. The Morgan fingerprint density at radius 2 is 2.11 bits per heavy atom. The van der Waals surface area contributed by atoms with Gasteiger partial charge in [0, 0.05) is 4.47 Å². The largest absolute Gasteiger partial charge is 0.478 e. The number of hydrogen-bond acceptors (Lipinski definition) is 3. The molecule has 0 bridgehead atoms. The molecule has 1 rings (SSSR count). The monoisotopic (exact) mass is 328 g/mol. The fourth-order valence-electron chi connectivity index (χ4n) is 1.53. The van der Waals surface area contributed by atoms with Gasteiger partial charge in [-0.1, -0.05) is 36.2 Å². The molecule has 19 heavy (non-hydrogen) atoms. The highest BCUT2D eigenvalue weighted by Crippen LogP contribution is 2.22. The fraction of sp³-hybridized carbons (Fsp3) is 0.385. The van der Waals surface area contributed by atoms with Crippen LogP contribution in [0.4, 0.5) is 5.69 Å². The van der Waals surface area contributed by atoms with Crippen LogP contribution in [0.5, 0.6) is 0 Å². The van der Waals surface area contributed by atoms with Crippen LogP contribution in [-0.4, -0.2) is 23.0 Å². The normalized spacial score (nSPS) is 13.7. The van der Waals surface area contributed by atoms with Crippen molar-refractivity contribution in [3.63, 3.8) is 0 Å². The number of carboxylic acids is 1. The summed E-state index contributed by atoms with van der Waals surface area (Å²) >= 11 is 3.24.